The van der Waals surface area contributed by atoms with Gasteiger partial charge in [0.1, 0.15) is 12.6 Å². The van der Waals surface area contributed by atoms with Crippen molar-refractivity contribution < 1.29 is 18.7 Å². The number of thioether (sulfide) groups is 1. The Hall–Kier alpha value is -1.67. The van der Waals surface area contributed by atoms with E-state index in [2.05, 4.69) is 17.9 Å². The van der Waals surface area contributed by atoms with E-state index in [1.54, 1.807) is 37.4 Å². The summed E-state index contributed by atoms with van der Waals surface area (Å²) >= 11 is 5.01. The van der Waals surface area contributed by atoms with Crippen LogP contribution >= 0.6 is 24.6 Å². The zero-order valence-corrected chi connectivity index (χ0v) is 13.6. The summed E-state index contributed by atoms with van der Waals surface area (Å²) in [5, 5.41) is 3.97. The molecule has 0 aliphatic heterocycles. The number of carbonyl (C=O) groups excluding carboxylic acids is 1. The monoisotopic (exact) mass is 342 g/mol. The summed E-state index contributed by atoms with van der Waals surface area (Å²) in [6.45, 7) is 2.08. The standard InChI is InChI=1S/C14H15FN2O3S2/c1-2-19-14(18)10-4-3-5-12(22-9-15)11(10)8-20-13-6-7-17(21)16-13/h3-7,21H,2,8-9H2,1H3. The third-order valence-electron chi connectivity index (χ3n) is 2.75. The Kier molecular flexibility index (Phi) is 6.14. The molecule has 8 heteroatoms. The number of hydrogen-bond acceptors (Lipinski definition) is 6. The number of benzene rings is 1. The molecule has 0 bridgehead atoms. The number of esters is 1. The second-order valence-electron chi connectivity index (χ2n) is 4.12. The second-order valence-corrected chi connectivity index (χ2v) is 5.48. The number of halogens is 1. The molecule has 0 saturated heterocycles. The molecule has 1 heterocycles. The van der Waals surface area contributed by atoms with Gasteiger partial charge in [-0.25, -0.2) is 13.3 Å². The zero-order valence-electron chi connectivity index (χ0n) is 11.9. The van der Waals surface area contributed by atoms with E-state index in [1.807, 2.05) is 0 Å². The van der Waals surface area contributed by atoms with Crippen molar-refractivity contribution in [2.75, 3.05) is 12.6 Å². The van der Waals surface area contributed by atoms with Crippen LogP contribution in [0.25, 0.3) is 0 Å². The highest BCUT2D eigenvalue weighted by Crippen LogP contribution is 2.27. The number of hydrogen-bond donors (Lipinski definition) is 1. The smallest absolute Gasteiger partial charge is 0.338 e. The van der Waals surface area contributed by atoms with Gasteiger partial charge in [-0.1, -0.05) is 17.8 Å². The van der Waals surface area contributed by atoms with E-state index < -0.39 is 12.0 Å². The fraction of sp³-hybridized carbons (Fsp3) is 0.286. The minimum Gasteiger partial charge on any atom is -0.472 e. The summed E-state index contributed by atoms with van der Waals surface area (Å²) in [6, 6.07) is 6.11. The van der Waals surface area contributed by atoms with Gasteiger partial charge in [-0.2, -0.15) is 0 Å². The summed E-state index contributed by atoms with van der Waals surface area (Å²) in [7, 11) is 0. The van der Waals surface area contributed by atoms with Crippen molar-refractivity contribution in [2.24, 2.45) is 0 Å². The highest BCUT2D eigenvalue weighted by molar-refractivity contribution is 7.99. The molecule has 118 valence electrons. The summed E-state index contributed by atoms with van der Waals surface area (Å²) in [6.07, 6.45) is 1.62. The molecule has 2 rings (SSSR count). The van der Waals surface area contributed by atoms with Crippen molar-refractivity contribution in [3.05, 3.63) is 41.6 Å². The van der Waals surface area contributed by atoms with Crippen LogP contribution in [0.3, 0.4) is 0 Å². The number of nitrogens with zero attached hydrogens (tertiary/aromatic N) is 2. The molecule has 0 saturated carbocycles. The van der Waals surface area contributed by atoms with Gasteiger partial charge in [0.25, 0.3) is 0 Å². The molecule has 0 spiro atoms. The Labute approximate surface area is 137 Å². The Morgan fingerprint density at radius 1 is 1.45 bits per heavy atom. The molecule has 0 amide bonds. The maximum absolute atomic E-state index is 12.7. The average Bonchev–Trinajstić information content (AvgIpc) is 2.92. The molecular weight excluding hydrogens is 327 g/mol. The second kappa shape index (κ2) is 8.09. The van der Waals surface area contributed by atoms with Crippen LogP contribution in [0.4, 0.5) is 4.39 Å². The van der Waals surface area contributed by atoms with Gasteiger partial charge in [-0.15, -0.1) is 5.10 Å². The molecule has 0 aliphatic rings. The Balaban J connectivity index is 2.26. The van der Waals surface area contributed by atoms with Crippen LogP contribution in [0, 0.1) is 0 Å². The van der Waals surface area contributed by atoms with E-state index >= 15 is 0 Å². The van der Waals surface area contributed by atoms with Gasteiger partial charge in [0, 0.05) is 22.7 Å². The van der Waals surface area contributed by atoms with Crippen LogP contribution < -0.4 is 4.74 Å². The molecule has 1 aromatic carbocycles. The number of thiol groups is 1. The molecule has 5 nitrogen and oxygen atoms in total. The molecule has 0 atom stereocenters. The first kappa shape index (κ1) is 16.7. The predicted molar refractivity (Wildman–Crippen MR) is 85.2 cm³/mol. The lowest BCUT2D eigenvalue weighted by Gasteiger charge is -2.13. The van der Waals surface area contributed by atoms with Gasteiger partial charge in [-0.3, -0.25) is 0 Å². The Bertz CT molecular complexity index is 649. The molecule has 2 aromatic rings. The van der Waals surface area contributed by atoms with Crippen LogP contribution in [0.1, 0.15) is 22.8 Å². The van der Waals surface area contributed by atoms with Gasteiger partial charge in [0.15, 0.2) is 0 Å². The van der Waals surface area contributed by atoms with Crippen molar-refractivity contribution in [3.63, 3.8) is 0 Å². The van der Waals surface area contributed by atoms with E-state index in [0.29, 0.717) is 21.9 Å². The fourth-order valence-corrected chi connectivity index (χ4v) is 2.62. The van der Waals surface area contributed by atoms with Gasteiger partial charge in [0.2, 0.25) is 5.88 Å². The molecule has 0 aliphatic carbocycles. The van der Waals surface area contributed by atoms with Gasteiger partial charge >= 0.3 is 5.97 Å². The van der Waals surface area contributed by atoms with E-state index in [0.717, 1.165) is 11.8 Å². The van der Waals surface area contributed by atoms with Crippen molar-refractivity contribution in [3.8, 4) is 5.88 Å². The number of ether oxygens (including phenoxy) is 2. The maximum Gasteiger partial charge on any atom is 0.338 e. The highest BCUT2D eigenvalue weighted by Gasteiger charge is 2.17. The highest BCUT2D eigenvalue weighted by atomic mass is 32.2. The molecule has 0 fully saturated rings. The van der Waals surface area contributed by atoms with Crippen LogP contribution in [0.15, 0.2) is 35.4 Å². The Morgan fingerprint density at radius 3 is 2.91 bits per heavy atom. The SMILES string of the molecule is CCOC(=O)c1cccc(SCF)c1COc1ccn(S)n1. The van der Waals surface area contributed by atoms with Crippen LogP contribution in [-0.2, 0) is 11.3 Å². The first-order chi connectivity index (χ1) is 10.7. The number of rotatable bonds is 7. The average molecular weight is 342 g/mol. The van der Waals surface area contributed by atoms with Gasteiger partial charge in [0.05, 0.1) is 12.2 Å². The van der Waals surface area contributed by atoms with Crippen LogP contribution in [-0.4, -0.2) is 27.8 Å². The lowest BCUT2D eigenvalue weighted by Crippen LogP contribution is -2.11. The minimum atomic E-state index is -0.593. The van der Waals surface area contributed by atoms with E-state index in [1.165, 1.54) is 4.09 Å². The molecule has 0 radical (unpaired) electrons. The topological polar surface area (TPSA) is 53.4 Å². The largest absolute Gasteiger partial charge is 0.472 e. The maximum atomic E-state index is 12.7. The normalized spacial score (nSPS) is 10.5. The van der Waals surface area contributed by atoms with Crippen molar-refractivity contribution in [2.45, 2.75) is 18.4 Å². The van der Waals surface area contributed by atoms with Crippen LogP contribution in [0.2, 0.25) is 0 Å². The predicted octanol–water partition coefficient (Wildman–Crippen LogP) is 3.35. The molecule has 0 unspecified atom stereocenters. The van der Waals surface area contributed by atoms with E-state index in [9.17, 15) is 9.18 Å². The summed E-state index contributed by atoms with van der Waals surface area (Å²) < 4.78 is 24.6. The lowest BCUT2D eigenvalue weighted by molar-refractivity contribution is 0.0522. The van der Waals surface area contributed by atoms with Crippen LogP contribution in [0.5, 0.6) is 5.88 Å². The Morgan fingerprint density at radius 2 is 2.27 bits per heavy atom. The lowest BCUT2D eigenvalue weighted by atomic mass is 10.1. The first-order valence-corrected chi connectivity index (χ1v) is 7.89. The quantitative estimate of drug-likeness (QED) is 0.475. The third-order valence-corrected chi connectivity index (χ3v) is 3.78. The number of alkyl halides is 1. The molecular formula is C14H15FN2O3S2. The van der Waals surface area contributed by atoms with E-state index in [4.69, 9.17) is 9.47 Å². The molecule has 22 heavy (non-hydrogen) atoms. The number of carbonyl (C=O) groups is 1. The van der Waals surface area contributed by atoms with Gasteiger partial charge < -0.3 is 9.47 Å². The summed E-state index contributed by atoms with van der Waals surface area (Å²) in [5.41, 5.74) is 0.947. The van der Waals surface area contributed by atoms with Gasteiger partial charge in [-0.05, 0) is 31.9 Å². The van der Waals surface area contributed by atoms with E-state index in [-0.39, 0.29) is 13.2 Å². The summed E-state index contributed by atoms with van der Waals surface area (Å²) in [5.74, 6) is -0.0907. The molecule has 0 N–H and O–H groups in total. The first-order valence-electron chi connectivity index (χ1n) is 6.51. The van der Waals surface area contributed by atoms with Crippen molar-refractivity contribution >= 4 is 30.5 Å². The van der Waals surface area contributed by atoms with Crippen molar-refractivity contribution in [1.29, 1.82) is 0 Å². The number of aromatic nitrogens is 2. The fourth-order valence-electron chi connectivity index (χ4n) is 1.83. The zero-order chi connectivity index (χ0) is 15.9. The van der Waals surface area contributed by atoms with Crippen molar-refractivity contribution in [1.82, 2.24) is 9.19 Å². The molecule has 1 aromatic heterocycles. The summed E-state index contributed by atoms with van der Waals surface area (Å²) in [4.78, 5) is 12.7. The third kappa shape index (κ3) is 4.17. The minimum absolute atomic E-state index is 0.0854.